The van der Waals surface area contributed by atoms with Crippen LogP contribution in [0.25, 0.3) is 10.9 Å². The third kappa shape index (κ3) is 1.37. The Morgan fingerprint density at radius 3 is 2.69 bits per heavy atom. The first-order valence-corrected chi connectivity index (χ1v) is 3.89. The summed E-state index contributed by atoms with van der Waals surface area (Å²) >= 11 is 0. The van der Waals surface area contributed by atoms with Crippen LogP contribution in [-0.4, -0.2) is 4.98 Å². The second-order valence-corrected chi connectivity index (χ2v) is 2.91. The van der Waals surface area contributed by atoms with Crippen LogP contribution < -0.4 is 0 Å². The van der Waals surface area contributed by atoms with Crippen LogP contribution >= 0.6 is 0 Å². The Hall–Kier alpha value is -1.51. The van der Waals surface area contributed by atoms with E-state index in [0.717, 1.165) is 11.8 Å². The van der Waals surface area contributed by atoms with E-state index in [2.05, 4.69) is 4.98 Å². The minimum atomic E-state index is -0.594. The number of aryl methyl sites for hydroxylation is 1. The van der Waals surface area contributed by atoms with Crippen molar-refractivity contribution in [1.82, 2.24) is 4.98 Å². The second-order valence-electron chi connectivity index (χ2n) is 2.91. The summed E-state index contributed by atoms with van der Waals surface area (Å²) in [7, 11) is 0. The number of fused-ring (bicyclic) bond motifs is 1. The molecule has 1 aromatic carbocycles. The number of halogens is 2. The highest BCUT2D eigenvalue weighted by Gasteiger charge is 2.04. The summed E-state index contributed by atoms with van der Waals surface area (Å²) in [5, 5.41) is 0.354. The summed E-state index contributed by atoms with van der Waals surface area (Å²) in [6, 6.07) is 5.39. The number of hydrogen-bond donors (Lipinski definition) is 0. The molecule has 3 heteroatoms. The van der Waals surface area contributed by atoms with Crippen LogP contribution in [0.2, 0.25) is 0 Å². The molecule has 1 nitrogen and oxygen atoms in total. The van der Waals surface area contributed by atoms with Crippen molar-refractivity contribution in [2.75, 3.05) is 0 Å². The summed E-state index contributed by atoms with van der Waals surface area (Å²) in [4.78, 5) is 4.02. The molecule has 0 saturated carbocycles. The second kappa shape index (κ2) is 2.76. The van der Waals surface area contributed by atoms with Gasteiger partial charge >= 0.3 is 0 Å². The number of nitrogens with zero attached hydrogens (tertiary/aromatic N) is 1. The third-order valence-corrected chi connectivity index (χ3v) is 1.86. The van der Waals surface area contributed by atoms with Crippen LogP contribution in [0.15, 0.2) is 24.3 Å². The van der Waals surface area contributed by atoms with Crippen molar-refractivity contribution in [3.63, 3.8) is 0 Å². The number of hydrogen-bond acceptors (Lipinski definition) is 1. The molecule has 0 aliphatic rings. The van der Waals surface area contributed by atoms with Gasteiger partial charge in [0.15, 0.2) is 0 Å². The monoisotopic (exact) mass is 179 g/mol. The van der Waals surface area contributed by atoms with Crippen molar-refractivity contribution in [3.05, 3.63) is 41.6 Å². The number of benzene rings is 1. The maximum absolute atomic E-state index is 13.1. The fourth-order valence-corrected chi connectivity index (χ4v) is 1.26. The molecule has 0 atom stereocenters. The summed E-state index contributed by atoms with van der Waals surface area (Å²) < 4.78 is 25.8. The summed E-state index contributed by atoms with van der Waals surface area (Å²) in [5.41, 5.74) is 1.11. The van der Waals surface area contributed by atoms with Gasteiger partial charge in [0.2, 0.25) is 0 Å². The van der Waals surface area contributed by atoms with Gasteiger partial charge in [-0.2, -0.15) is 0 Å². The molecule has 0 aliphatic heterocycles. The van der Waals surface area contributed by atoms with E-state index in [9.17, 15) is 8.78 Å². The largest absolute Gasteiger partial charge is 0.253 e. The third-order valence-electron chi connectivity index (χ3n) is 1.86. The van der Waals surface area contributed by atoms with Crippen molar-refractivity contribution in [1.29, 1.82) is 0 Å². The van der Waals surface area contributed by atoms with Gasteiger partial charge in [-0.05, 0) is 19.1 Å². The van der Waals surface area contributed by atoms with Crippen molar-refractivity contribution in [3.8, 4) is 0 Å². The van der Waals surface area contributed by atoms with Gasteiger partial charge in [-0.1, -0.05) is 0 Å². The molecule has 0 unspecified atom stereocenters. The molecule has 1 aromatic heterocycles. The first-order chi connectivity index (χ1) is 6.16. The van der Waals surface area contributed by atoms with Crippen LogP contribution in [-0.2, 0) is 0 Å². The van der Waals surface area contributed by atoms with Crippen LogP contribution in [0.1, 0.15) is 5.69 Å². The molecular formula is C10H7F2N. The number of aromatic nitrogens is 1. The molecule has 66 valence electrons. The fourth-order valence-electron chi connectivity index (χ4n) is 1.26. The zero-order valence-corrected chi connectivity index (χ0v) is 7.01. The van der Waals surface area contributed by atoms with E-state index in [0.29, 0.717) is 10.9 Å². The first kappa shape index (κ1) is 8.10. The zero-order chi connectivity index (χ0) is 9.42. The maximum Gasteiger partial charge on any atom is 0.135 e. The molecule has 2 aromatic rings. The fraction of sp³-hybridized carbons (Fsp3) is 0.100. The zero-order valence-electron chi connectivity index (χ0n) is 7.01. The average Bonchev–Trinajstić information content (AvgIpc) is 2.02. The highest BCUT2D eigenvalue weighted by atomic mass is 19.1. The lowest BCUT2D eigenvalue weighted by Crippen LogP contribution is -1.88. The summed E-state index contributed by atoms with van der Waals surface area (Å²) in [6.07, 6.45) is 0. The quantitative estimate of drug-likeness (QED) is 0.606. The molecule has 0 radical (unpaired) electrons. The Bertz CT molecular complexity index is 460. The van der Waals surface area contributed by atoms with Crippen LogP contribution in [0.4, 0.5) is 8.78 Å². The lowest BCUT2D eigenvalue weighted by Gasteiger charge is -1.99. The van der Waals surface area contributed by atoms with E-state index in [1.54, 1.807) is 19.1 Å². The molecule has 13 heavy (non-hydrogen) atoms. The van der Waals surface area contributed by atoms with Crippen LogP contribution in [0.3, 0.4) is 0 Å². The first-order valence-electron chi connectivity index (χ1n) is 3.89. The minimum absolute atomic E-state index is 0.354. The number of rotatable bonds is 0. The summed E-state index contributed by atoms with van der Waals surface area (Å²) in [5.74, 6) is -1.16. The van der Waals surface area contributed by atoms with Gasteiger partial charge < -0.3 is 0 Å². The van der Waals surface area contributed by atoms with Gasteiger partial charge in [0.25, 0.3) is 0 Å². The van der Waals surface area contributed by atoms with E-state index < -0.39 is 11.6 Å². The van der Waals surface area contributed by atoms with Crippen LogP contribution in [0.5, 0.6) is 0 Å². The standard InChI is InChI=1S/C10H7F2N/c1-6-2-3-8-9(12)4-7(11)5-10(8)13-6/h2-5H,1H3. The topological polar surface area (TPSA) is 12.9 Å². The maximum atomic E-state index is 13.1. The summed E-state index contributed by atoms with van der Waals surface area (Å²) in [6.45, 7) is 1.78. The Balaban J connectivity index is 2.86. The Morgan fingerprint density at radius 2 is 1.92 bits per heavy atom. The van der Waals surface area contributed by atoms with Crippen LogP contribution in [0, 0.1) is 18.6 Å². The van der Waals surface area contributed by atoms with Gasteiger partial charge in [0, 0.05) is 23.2 Å². The molecule has 2 rings (SSSR count). The van der Waals surface area contributed by atoms with E-state index in [-0.39, 0.29) is 0 Å². The van der Waals surface area contributed by atoms with Crippen molar-refractivity contribution >= 4 is 10.9 Å². The minimum Gasteiger partial charge on any atom is -0.253 e. The molecule has 0 fully saturated rings. The lowest BCUT2D eigenvalue weighted by atomic mass is 10.2. The van der Waals surface area contributed by atoms with Crippen molar-refractivity contribution < 1.29 is 8.78 Å². The van der Waals surface area contributed by atoms with E-state index in [1.165, 1.54) is 6.07 Å². The molecule has 1 heterocycles. The van der Waals surface area contributed by atoms with Gasteiger partial charge in [0.1, 0.15) is 11.6 Å². The van der Waals surface area contributed by atoms with Gasteiger partial charge in [-0.3, -0.25) is 4.98 Å². The van der Waals surface area contributed by atoms with Crippen molar-refractivity contribution in [2.24, 2.45) is 0 Å². The number of pyridine rings is 1. The SMILES string of the molecule is Cc1ccc2c(F)cc(F)cc2n1. The van der Waals surface area contributed by atoms with E-state index in [4.69, 9.17) is 0 Å². The molecule has 0 N–H and O–H groups in total. The molecule has 0 saturated heterocycles. The Labute approximate surface area is 74.0 Å². The predicted molar refractivity (Wildman–Crippen MR) is 46.4 cm³/mol. The van der Waals surface area contributed by atoms with E-state index in [1.807, 2.05) is 0 Å². The average molecular weight is 179 g/mol. The smallest absolute Gasteiger partial charge is 0.135 e. The Kier molecular flexibility index (Phi) is 1.72. The highest BCUT2D eigenvalue weighted by molar-refractivity contribution is 5.79. The lowest BCUT2D eigenvalue weighted by molar-refractivity contribution is 0.591. The molecule has 0 aliphatic carbocycles. The molecular weight excluding hydrogens is 172 g/mol. The molecule has 0 spiro atoms. The Morgan fingerprint density at radius 1 is 1.15 bits per heavy atom. The van der Waals surface area contributed by atoms with Gasteiger partial charge in [-0.25, -0.2) is 8.78 Å². The van der Waals surface area contributed by atoms with Gasteiger partial charge in [-0.15, -0.1) is 0 Å². The molecule has 0 bridgehead atoms. The highest BCUT2D eigenvalue weighted by Crippen LogP contribution is 2.17. The van der Waals surface area contributed by atoms with Crippen molar-refractivity contribution in [2.45, 2.75) is 6.92 Å². The molecule has 0 amide bonds. The predicted octanol–water partition coefficient (Wildman–Crippen LogP) is 2.82. The van der Waals surface area contributed by atoms with E-state index >= 15 is 0 Å². The van der Waals surface area contributed by atoms with Gasteiger partial charge in [0.05, 0.1) is 5.52 Å². The normalized spacial score (nSPS) is 10.7.